The van der Waals surface area contributed by atoms with Crippen molar-refractivity contribution in [1.29, 1.82) is 0 Å². The van der Waals surface area contributed by atoms with Crippen LogP contribution in [0.1, 0.15) is 16.3 Å². The predicted octanol–water partition coefficient (Wildman–Crippen LogP) is 0.476. The number of carbonyl (C=O) groups excluding carboxylic acids is 1. The van der Waals surface area contributed by atoms with Gasteiger partial charge in [-0.05, 0) is 18.2 Å². The minimum atomic E-state index is -1.15. The van der Waals surface area contributed by atoms with Gasteiger partial charge in [0.1, 0.15) is 5.76 Å². The van der Waals surface area contributed by atoms with Crippen molar-refractivity contribution < 1.29 is 19.1 Å². The summed E-state index contributed by atoms with van der Waals surface area (Å²) in [5.41, 5.74) is 4.82. The maximum Gasteiger partial charge on any atom is 0.371 e. The highest BCUT2D eigenvalue weighted by atomic mass is 16.4. The Balaban J connectivity index is 2.80. The second-order valence-electron chi connectivity index (χ2n) is 2.24. The van der Waals surface area contributed by atoms with Crippen LogP contribution in [0.5, 0.6) is 0 Å². The van der Waals surface area contributed by atoms with Crippen LogP contribution in [0.4, 0.5) is 0 Å². The Kier molecular flexibility index (Phi) is 2.49. The van der Waals surface area contributed by atoms with E-state index in [2.05, 4.69) is 0 Å². The molecule has 1 aromatic heterocycles. The maximum atomic E-state index is 10.3. The molecule has 1 aromatic rings. The molecule has 1 heterocycles. The van der Waals surface area contributed by atoms with Gasteiger partial charge in [-0.15, -0.1) is 0 Å². The van der Waals surface area contributed by atoms with E-state index in [1.165, 1.54) is 18.2 Å². The van der Waals surface area contributed by atoms with Crippen LogP contribution in [0.25, 0.3) is 6.08 Å². The second-order valence-corrected chi connectivity index (χ2v) is 2.24. The lowest BCUT2D eigenvalue weighted by Crippen LogP contribution is -2.04. The number of carbonyl (C=O) groups is 2. The minimum Gasteiger partial charge on any atom is -0.475 e. The molecule has 0 unspecified atom stereocenters. The van der Waals surface area contributed by atoms with Gasteiger partial charge in [-0.2, -0.15) is 0 Å². The number of nitrogens with two attached hydrogens (primary N) is 1. The standard InChI is InChI=1S/C8H7NO4/c9-7(10)4-2-5-1-3-6(13-5)8(11)12/h1-4H,(H2,9,10)(H,11,12)/b4-2+. The van der Waals surface area contributed by atoms with Gasteiger partial charge in [-0.3, -0.25) is 4.79 Å². The Morgan fingerprint density at radius 3 is 2.62 bits per heavy atom. The lowest BCUT2D eigenvalue weighted by Gasteiger charge is -1.85. The Hall–Kier alpha value is -2.04. The molecule has 0 saturated carbocycles. The van der Waals surface area contributed by atoms with Crippen molar-refractivity contribution in [2.24, 2.45) is 5.73 Å². The van der Waals surface area contributed by atoms with Crippen molar-refractivity contribution in [2.45, 2.75) is 0 Å². The summed E-state index contributed by atoms with van der Waals surface area (Å²) in [5, 5.41) is 8.47. The Labute approximate surface area is 73.5 Å². The Morgan fingerprint density at radius 1 is 1.46 bits per heavy atom. The van der Waals surface area contributed by atoms with Crippen LogP contribution < -0.4 is 5.73 Å². The summed E-state index contributed by atoms with van der Waals surface area (Å²) in [6.07, 6.45) is 2.39. The molecule has 0 aliphatic rings. The van der Waals surface area contributed by atoms with Crippen LogP contribution in [0.3, 0.4) is 0 Å². The summed E-state index contributed by atoms with van der Waals surface area (Å²) in [5.74, 6) is -1.67. The van der Waals surface area contributed by atoms with E-state index in [-0.39, 0.29) is 11.5 Å². The normalized spacial score (nSPS) is 10.5. The molecule has 0 aromatic carbocycles. The number of furan rings is 1. The van der Waals surface area contributed by atoms with Gasteiger partial charge in [-0.25, -0.2) is 4.79 Å². The zero-order valence-corrected chi connectivity index (χ0v) is 6.56. The van der Waals surface area contributed by atoms with Crippen LogP contribution >= 0.6 is 0 Å². The number of carboxylic acids is 1. The van der Waals surface area contributed by atoms with Gasteiger partial charge in [0.25, 0.3) is 0 Å². The molecule has 5 heteroatoms. The molecule has 1 amide bonds. The SMILES string of the molecule is NC(=O)/C=C/c1ccc(C(=O)O)o1. The maximum absolute atomic E-state index is 10.3. The fourth-order valence-electron chi connectivity index (χ4n) is 0.722. The fraction of sp³-hybridized carbons (Fsp3) is 0. The minimum absolute atomic E-state index is 0.177. The van der Waals surface area contributed by atoms with Crippen LogP contribution in [0.2, 0.25) is 0 Å². The summed E-state index contributed by atoms with van der Waals surface area (Å²) in [6.45, 7) is 0. The number of hydrogen-bond donors (Lipinski definition) is 2. The summed E-state index contributed by atoms with van der Waals surface area (Å²) in [4.78, 5) is 20.6. The molecule has 13 heavy (non-hydrogen) atoms. The van der Waals surface area contributed by atoms with E-state index in [9.17, 15) is 9.59 Å². The van der Waals surface area contributed by atoms with Crippen molar-refractivity contribution in [3.63, 3.8) is 0 Å². The molecule has 0 bridgehead atoms. The lowest BCUT2D eigenvalue weighted by molar-refractivity contribution is -0.113. The number of aromatic carboxylic acids is 1. The van der Waals surface area contributed by atoms with E-state index in [1.54, 1.807) is 0 Å². The average Bonchev–Trinajstić information content (AvgIpc) is 2.48. The van der Waals surface area contributed by atoms with Gasteiger partial charge in [0.15, 0.2) is 0 Å². The van der Waals surface area contributed by atoms with Crippen LogP contribution in [-0.2, 0) is 4.79 Å². The zero-order valence-electron chi connectivity index (χ0n) is 6.56. The van der Waals surface area contributed by atoms with Crippen LogP contribution in [0, 0.1) is 0 Å². The third-order valence-electron chi connectivity index (χ3n) is 1.25. The highest BCUT2D eigenvalue weighted by Gasteiger charge is 2.06. The molecular formula is C8H7NO4. The van der Waals surface area contributed by atoms with E-state index in [0.29, 0.717) is 0 Å². The summed E-state index contributed by atoms with van der Waals surface area (Å²) in [6, 6.07) is 2.73. The van der Waals surface area contributed by atoms with Gasteiger partial charge >= 0.3 is 5.97 Å². The van der Waals surface area contributed by atoms with Gasteiger partial charge in [-0.1, -0.05) is 0 Å². The topological polar surface area (TPSA) is 93.5 Å². The van der Waals surface area contributed by atoms with Crippen molar-refractivity contribution >= 4 is 18.0 Å². The van der Waals surface area contributed by atoms with Gasteiger partial charge in [0.05, 0.1) is 0 Å². The Bertz CT molecular complexity index is 364. The van der Waals surface area contributed by atoms with E-state index in [0.717, 1.165) is 6.08 Å². The van der Waals surface area contributed by atoms with E-state index >= 15 is 0 Å². The molecular weight excluding hydrogens is 174 g/mol. The predicted molar refractivity (Wildman–Crippen MR) is 43.9 cm³/mol. The number of primary amides is 1. The molecule has 5 nitrogen and oxygen atoms in total. The number of carboxylic acid groups (broad SMARTS) is 1. The third-order valence-corrected chi connectivity index (χ3v) is 1.25. The molecule has 1 rings (SSSR count). The third kappa shape index (κ3) is 2.48. The van der Waals surface area contributed by atoms with Crippen LogP contribution in [-0.4, -0.2) is 17.0 Å². The average molecular weight is 181 g/mol. The summed E-state index contributed by atoms with van der Waals surface area (Å²) in [7, 11) is 0. The van der Waals surface area contributed by atoms with Crippen LogP contribution in [0.15, 0.2) is 22.6 Å². The largest absolute Gasteiger partial charge is 0.475 e. The quantitative estimate of drug-likeness (QED) is 0.663. The molecule has 3 N–H and O–H groups in total. The highest BCUT2D eigenvalue weighted by molar-refractivity contribution is 5.90. The first-order valence-corrected chi connectivity index (χ1v) is 3.40. The van der Waals surface area contributed by atoms with Gasteiger partial charge in [0, 0.05) is 6.08 Å². The molecule has 0 radical (unpaired) electrons. The molecule has 68 valence electrons. The summed E-state index contributed by atoms with van der Waals surface area (Å²) < 4.78 is 4.80. The second kappa shape index (κ2) is 3.57. The molecule has 0 aliphatic heterocycles. The van der Waals surface area contributed by atoms with Crippen molar-refractivity contribution in [2.75, 3.05) is 0 Å². The fourth-order valence-corrected chi connectivity index (χ4v) is 0.722. The van der Waals surface area contributed by atoms with Gasteiger partial charge in [0.2, 0.25) is 11.7 Å². The van der Waals surface area contributed by atoms with E-state index < -0.39 is 11.9 Å². The monoisotopic (exact) mass is 181 g/mol. The van der Waals surface area contributed by atoms with E-state index in [1.807, 2.05) is 0 Å². The molecule has 0 atom stereocenters. The first-order chi connectivity index (χ1) is 6.09. The number of hydrogen-bond acceptors (Lipinski definition) is 3. The summed E-state index contributed by atoms with van der Waals surface area (Å²) >= 11 is 0. The molecule has 0 saturated heterocycles. The first-order valence-electron chi connectivity index (χ1n) is 3.40. The van der Waals surface area contributed by atoms with Gasteiger partial charge < -0.3 is 15.3 Å². The van der Waals surface area contributed by atoms with Crippen molar-refractivity contribution in [3.8, 4) is 0 Å². The highest BCUT2D eigenvalue weighted by Crippen LogP contribution is 2.08. The smallest absolute Gasteiger partial charge is 0.371 e. The molecule has 0 fully saturated rings. The first kappa shape index (κ1) is 9.05. The Morgan fingerprint density at radius 2 is 2.15 bits per heavy atom. The lowest BCUT2D eigenvalue weighted by atomic mass is 10.4. The van der Waals surface area contributed by atoms with Crippen molar-refractivity contribution in [3.05, 3.63) is 29.7 Å². The molecule has 0 aliphatic carbocycles. The number of rotatable bonds is 3. The molecule has 0 spiro atoms. The number of amides is 1. The zero-order chi connectivity index (χ0) is 9.84. The van der Waals surface area contributed by atoms with Crippen molar-refractivity contribution in [1.82, 2.24) is 0 Å². The van der Waals surface area contributed by atoms with E-state index in [4.69, 9.17) is 15.3 Å².